The Bertz CT molecular complexity index is 941. The molecular weight excluding hydrogens is 405 g/mol. The van der Waals surface area contributed by atoms with Gasteiger partial charge in [-0.05, 0) is 24.3 Å². The van der Waals surface area contributed by atoms with Crippen LogP contribution in [0.1, 0.15) is 0 Å². The molecular formula is C18H15Cl2N5OS. The highest BCUT2D eigenvalue weighted by Gasteiger charge is 2.16. The third-order valence-electron chi connectivity index (χ3n) is 3.53. The number of nitrogens with zero attached hydrogens (tertiary/aromatic N) is 4. The van der Waals surface area contributed by atoms with Crippen LogP contribution < -0.4 is 5.32 Å². The van der Waals surface area contributed by atoms with Gasteiger partial charge < -0.3 is 5.32 Å². The summed E-state index contributed by atoms with van der Waals surface area (Å²) in [6.45, 7) is 4.29. The fourth-order valence-corrected chi connectivity index (χ4v) is 3.57. The normalized spacial score (nSPS) is 10.6. The Morgan fingerprint density at radius 2 is 1.89 bits per heavy atom. The molecule has 0 saturated heterocycles. The number of para-hydroxylation sites is 1. The van der Waals surface area contributed by atoms with Crippen molar-refractivity contribution < 1.29 is 4.79 Å². The van der Waals surface area contributed by atoms with Gasteiger partial charge in [-0.25, -0.2) is 0 Å². The molecule has 0 radical (unpaired) electrons. The van der Waals surface area contributed by atoms with Crippen molar-refractivity contribution in [2.24, 2.45) is 0 Å². The van der Waals surface area contributed by atoms with Gasteiger partial charge in [-0.2, -0.15) is 0 Å². The van der Waals surface area contributed by atoms with Gasteiger partial charge in [0.1, 0.15) is 0 Å². The Morgan fingerprint density at radius 1 is 1.19 bits per heavy atom. The minimum Gasteiger partial charge on any atom is -0.323 e. The molecule has 0 aliphatic rings. The van der Waals surface area contributed by atoms with Crippen LogP contribution in [0.4, 0.5) is 5.69 Å². The number of amides is 1. The van der Waals surface area contributed by atoms with Gasteiger partial charge in [0, 0.05) is 24.5 Å². The van der Waals surface area contributed by atoms with Crippen LogP contribution in [0.2, 0.25) is 10.0 Å². The minimum atomic E-state index is -0.242. The molecule has 1 aromatic carbocycles. The van der Waals surface area contributed by atoms with Gasteiger partial charge in [0.05, 0.1) is 21.5 Å². The second kappa shape index (κ2) is 9.03. The molecule has 138 valence electrons. The Kier molecular flexibility index (Phi) is 6.49. The summed E-state index contributed by atoms with van der Waals surface area (Å²) >= 11 is 13.4. The third-order valence-corrected chi connectivity index (χ3v) is 5.12. The highest BCUT2D eigenvalue weighted by Crippen LogP contribution is 2.30. The summed E-state index contributed by atoms with van der Waals surface area (Å²) in [6.07, 6.45) is 5.13. The standard InChI is InChI=1S/C18H15Cl2N5OS/c1-2-10-25-17(12-6-8-21-9-7-12)23-24-18(25)27-11-15(26)22-16-13(19)4-3-5-14(16)20/h2-9H,1,10-11H2,(H,22,26). The molecule has 1 N–H and O–H groups in total. The van der Waals surface area contributed by atoms with Crippen LogP contribution in [-0.4, -0.2) is 31.4 Å². The smallest absolute Gasteiger partial charge is 0.234 e. The average Bonchev–Trinajstić information content (AvgIpc) is 3.07. The first-order valence-corrected chi connectivity index (χ1v) is 9.65. The summed E-state index contributed by atoms with van der Waals surface area (Å²) in [7, 11) is 0. The van der Waals surface area contributed by atoms with E-state index in [1.165, 1.54) is 11.8 Å². The maximum atomic E-state index is 12.3. The molecule has 0 saturated carbocycles. The van der Waals surface area contributed by atoms with E-state index < -0.39 is 0 Å². The Balaban J connectivity index is 1.73. The van der Waals surface area contributed by atoms with E-state index in [1.54, 1.807) is 36.7 Å². The minimum absolute atomic E-state index is 0.132. The number of allylic oxidation sites excluding steroid dienone is 1. The fourth-order valence-electron chi connectivity index (χ4n) is 2.33. The molecule has 3 rings (SSSR count). The lowest BCUT2D eigenvalue weighted by Crippen LogP contribution is -2.15. The zero-order valence-corrected chi connectivity index (χ0v) is 16.4. The molecule has 3 aromatic rings. The molecule has 0 atom stereocenters. The van der Waals surface area contributed by atoms with Gasteiger partial charge in [-0.15, -0.1) is 16.8 Å². The lowest BCUT2D eigenvalue weighted by molar-refractivity contribution is -0.113. The summed E-state index contributed by atoms with van der Waals surface area (Å²) in [6, 6.07) is 8.75. The average molecular weight is 420 g/mol. The van der Waals surface area contributed by atoms with Crippen LogP contribution in [-0.2, 0) is 11.3 Å². The number of hydrogen-bond donors (Lipinski definition) is 1. The number of nitrogens with one attached hydrogen (secondary N) is 1. The van der Waals surface area contributed by atoms with Crippen molar-refractivity contribution in [1.82, 2.24) is 19.7 Å². The van der Waals surface area contributed by atoms with E-state index in [2.05, 4.69) is 27.1 Å². The highest BCUT2D eigenvalue weighted by molar-refractivity contribution is 7.99. The van der Waals surface area contributed by atoms with Crippen LogP contribution in [0.3, 0.4) is 0 Å². The molecule has 0 aliphatic heterocycles. The molecule has 6 nitrogen and oxygen atoms in total. The number of halogens is 2. The molecule has 1 amide bonds. The molecule has 0 bridgehead atoms. The van der Waals surface area contributed by atoms with Gasteiger partial charge in [0.15, 0.2) is 11.0 Å². The van der Waals surface area contributed by atoms with E-state index in [1.807, 2.05) is 16.7 Å². The van der Waals surface area contributed by atoms with E-state index in [-0.39, 0.29) is 11.7 Å². The van der Waals surface area contributed by atoms with E-state index in [9.17, 15) is 4.79 Å². The maximum Gasteiger partial charge on any atom is 0.234 e. The molecule has 27 heavy (non-hydrogen) atoms. The zero-order valence-electron chi connectivity index (χ0n) is 14.1. The first-order chi connectivity index (χ1) is 13.1. The lowest BCUT2D eigenvalue weighted by atomic mass is 10.2. The summed E-state index contributed by atoms with van der Waals surface area (Å²) in [5.41, 5.74) is 1.29. The number of aromatic nitrogens is 4. The maximum absolute atomic E-state index is 12.3. The summed E-state index contributed by atoms with van der Waals surface area (Å²) in [5, 5.41) is 12.6. The number of carbonyl (C=O) groups excluding carboxylic acids is 1. The van der Waals surface area contributed by atoms with E-state index in [0.29, 0.717) is 33.3 Å². The first-order valence-electron chi connectivity index (χ1n) is 7.91. The van der Waals surface area contributed by atoms with Crippen molar-refractivity contribution in [2.45, 2.75) is 11.7 Å². The van der Waals surface area contributed by atoms with Crippen LogP contribution in [0.5, 0.6) is 0 Å². The third kappa shape index (κ3) is 4.68. The van der Waals surface area contributed by atoms with Gasteiger partial charge >= 0.3 is 0 Å². The van der Waals surface area contributed by atoms with E-state index >= 15 is 0 Å². The molecule has 2 aromatic heterocycles. The summed E-state index contributed by atoms with van der Waals surface area (Å²) in [4.78, 5) is 16.3. The van der Waals surface area contributed by atoms with Crippen molar-refractivity contribution in [3.05, 3.63) is 65.4 Å². The molecule has 0 spiro atoms. The van der Waals surface area contributed by atoms with Crippen molar-refractivity contribution in [2.75, 3.05) is 11.1 Å². The molecule has 0 fully saturated rings. The van der Waals surface area contributed by atoms with E-state index in [4.69, 9.17) is 23.2 Å². The summed E-state index contributed by atoms with van der Waals surface area (Å²) < 4.78 is 1.89. The van der Waals surface area contributed by atoms with Crippen molar-refractivity contribution in [1.29, 1.82) is 0 Å². The number of hydrogen-bond acceptors (Lipinski definition) is 5. The highest BCUT2D eigenvalue weighted by atomic mass is 35.5. The lowest BCUT2D eigenvalue weighted by Gasteiger charge is -2.10. The zero-order chi connectivity index (χ0) is 19.2. The van der Waals surface area contributed by atoms with Gasteiger partial charge in [0.25, 0.3) is 0 Å². The number of thioether (sulfide) groups is 1. The summed E-state index contributed by atoms with van der Waals surface area (Å²) in [5.74, 6) is 0.579. The quantitative estimate of drug-likeness (QED) is 0.448. The Morgan fingerprint density at radius 3 is 2.56 bits per heavy atom. The molecule has 0 unspecified atom stereocenters. The second-order valence-electron chi connectivity index (χ2n) is 5.37. The Labute approximate surface area is 170 Å². The number of rotatable bonds is 7. The largest absolute Gasteiger partial charge is 0.323 e. The molecule has 9 heteroatoms. The van der Waals surface area contributed by atoms with Crippen LogP contribution in [0, 0.1) is 0 Å². The monoisotopic (exact) mass is 419 g/mol. The van der Waals surface area contributed by atoms with Crippen LogP contribution in [0.25, 0.3) is 11.4 Å². The molecule has 2 heterocycles. The van der Waals surface area contributed by atoms with Crippen molar-refractivity contribution in [3.8, 4) is 11.4 Å². The molecule has 0 aliphatic carbocycles. The predicted octanol–water partition coefficient (Wildman–Crippen LogP) is 4.56. The van der Waals surface area contributed by atoms with Gasteiger partial charge in [0.2, 0.25) is 5.91 Å². The van der Waals surface area contributed by atoms with Crippen molar-refractivity contribution >= 4 is 46.6 Å². The van der Waals surface area contributed by atoms with Crippen LogP contribution in [0.15, 0.2) is 60.5 Å². The number of carbonyl (C=O) groups is 1. The van der Waals surface area contributed by atoms with Crippen molar-refractivity contribution in [3.63, 3.8) is 0 Å². The van der Waals surface area contributed by atoms with Crippen LogP contribution >= 0.6 is 35.0 Å². The topological polar surface area (TPSA) is 72.7 Å². The predicted molar refractivity (Wildman–Crippen MR) is 109 cm³/mol. The first kappa shape index (κ1) is 19.4. The van der Waals surface area contributed by atoms with E-state index in [0.717, 1.165) is 5.56 Å². The number of pyridine rings is 1. The van der Waals surface area contributed by atoms with Gasteiger partial charge in [-0.1, -0.05) is 47.1 Å². The van der Waals surface area contributed by atoms with Gasteiger partial charge in [-0.3, -0.25) is 14.3 Å². The second-order valence-corrected chi connectivity index (χ2v) is 7.13. The Hall–Kier alpha value is -2.35. The fraction of sp³-hybridized carbons (Fsp3) is 0.111. The number of anilines is 1. The SMILES string of the molecule is C=CCn1c(SCC(=O)Nc2c(Cl)cccc2Cl)nnc1-c1ccncc1. The number of benzene rings is 1.